The van der Waals surface area contributed by atoms with Crippen LogP contribution in [-0.2, 0) is 9.31 Å². The molecule has 5 N–H and O–H groups in total. The Bertz CT molecular complexity index is 2660. The molecule has 9 rings (SSSR count). The van der Waals surface area contributed by atoms with Gasteiger partial charge in [-0.2, -0.15) is 5.10 Å². The van der Waals surface area contributed by atoms with Crippen molar-refractivity contribution in [1.29, 1.82) is 0 Å². The quantitative estimate of drug-likeness (QED) is 0.0968. The van der Waals surface area contributed by atoms with Crippen LogP contribution in [-0.4, -0.2) is 92.3 Å². The molecule has 4 aromatic heterocycles. The van der Waals surface area contributed by atoms with Gasteiger partial charge in [0.05, 0.1) is 57.6 Å². The van der Waals surface area contributed by atoms with E-state index in [0.29, 0.717) is 17.2 Å². The van der Waals surface area contributed by atoms with Gasteiger partial charge in [0.2, 0.25) is 17.2 Å². The maximum atomic E-state index is 5.87. The summed E-state index contributed by atoms with van der Waals surface area (Å²) in [4.78, 5) is 29.8. The summed E-state index contributed by atoms with van der Waals surface area (Å²) in [7, 11) is 4.89. The number of allylic oxidation sites excluding steroid dienone is 1. The van der Waals surface area contributed by atoms with E-state index in [1.54, 1.807) is 6.20 Å². The van der Waals surface area contributed by atoms with Crippen molar-refractivity contribution in [2.75, 3.05) is 38.3 Å². The zero-order valence-corrected chi connectivity index (χ0v) is 39.8. The van der Waals surface area contributed by atoms with Crippen LogP contribution < -0.4 is 16.4 Å². The van der Waals surface area contributed by atoms with E-state index < -0.39 is 0 Å². The van der Waals surface area contributed by atoms with Gasteiger partial charge >= 0.3 is 7.12 Å². The van der Waals surface area contributed by atoms with E-state index in [2.05, 4.69) is 127 Å². The van der Waals surface area contributed by atoms with E-state index >= 15 is 0 Å². The third kappa shape index (κ3) is 11.7. The summed E-state index contributed by atoms with van der Waals surface area (Å²) in [6, 6.07) is 18.0. The summed E-state index contributed by atoms with van der Waals surface area (Å²) in [6.07, 6.45) is 7.56. The van der Waals surface area contributed by atoms with Gasteiger partial charge in [0.1, 0.15) is 0 Å². The fraction of sp³-hybridized carbons (Fsp3) is 0.302. The van der Waals surface area contributed by atoms with E-state index in [1.807, 2.05) is 102 Å². The van der Waals surface area contributed by atoms with Crippen LogP contribution in [0.3, 0.4) is 0 Å². The molecule has 0 bridgehead atoms. The first-order chi connectivity index (χ1) is 29.1. The summed E-state index contributed by atoms with van der Waals surface area (Å²) >= 11 is 12.6. The number of benzene rings is 3. The number of nitrogens with one attached hydrogen (secondary N) is 3. The van der Waals surface area contributed by atoms with Crippen molar-refractivity contribution in [2.45, 2.75) is 59.7 Å². The SMILES string of the molecule is CC1(C)OB(C2=CCN=C2)OC1(C)C.CN.CNc1nc(C)c2cc(-c3cn[nH]c3)ccc2n1.CNc1nc(C)c2cc(Br)ccc2n1.Cc1nc(Cl)nc2ccc(Br)cc12. The second-order valence-electron chi connectivity index (χ2n) is 14.7. The number of aromatic amines is 1. The first kappa shape index (κ1) is 47.1. The molecule has 0 amide bonds. The maximum absolute atomic E-state index is 5.87. The molecule has 0 radical (unpaired) electrons. The molecule has 14 nitrogen and oxygen atoms in total. The standard InChI is InChI=1S/C13H13N5.C10H16BNO2.C10H10BrN3.C9H6BrClN2.CH5N/c1-8-11-5-9(10-6-15-16-7-10)3-4-12(11)18-13(14-2)17-8;1-9(2)10(3,4)14-11(13-9)8-5-6-12-7-8;1-6-8-5-7(11)3-4-9(8)14-10(12-2)13-6;1-5-7-4-6(10)2-3-8(7)13-9(11)12-5;1-2/h3-7H,1-2H3,(H,15,16)(H,14,17,18);5,7H,6H2,1-4H3;3-5H,1-2H3,(H,12,13,14);2-4H,1H3;2H2,1H3. The highest BCUT2D eigenvalue weighted by Crippen LogP contribution is 2.38. The van der Waals surface area contributed by atoms with Crippen molar-refractivity contribution in [3.63, 3.8) is 0 Å². The third-order valence-corrected chi connectivity index (χ3v) is 11.2. The molecule has 3 aromatic carbocycles. The summed E-state index contributed by atoms with van der Waals surface area (Å²) in [5.41, 5.74) is 12.8. The summed E-state index contributed by atoms with van der Waals surface area (Å²) < 4.78 is 13.8. The van der Waals surface area contributed by atoms with Crippen molar-refractivity contribution in [3.05, 3.63) is 110 Å². The Morgan fingerprint density at radius 2 is 1.18 bits per heavy atom. The minimum atomic E-state index is -0.255. The lowest BCUT2D eigenvalue weighted by Crippen LogP contribution is -2.41. The molecule has 7 aromatic rings. The van der Waals surface area contributed by atoms with Crippen molar-refractivity contribution in [3.8, 4) is 11.1 Å². The van der Waals surface area contributed by atoms with Gasteiger partial charge in [-0.25, -0.2) is 29.9 Å². The Balaban J connectivity index is 0.000000153. The first-order valence-electron chi connectivity index (χ1n) is 19.4. The van der Waals surface area contributed by atoms with E-state index in [4.69, 9.17) is 20.9 Å². The van der Waals surface area contributed by atoms with Crippen LogP contribution in [0.1, 0.15) is 44.8 Å². The van der Waals surface area contributed by atoms with Crippen molar-refractivity contribution in [1.82, 2.24) is 40.1 Å². The van der Waals surface area contributed by atoms with Crippen LogP contribution in [0.2, 0.25) is 5.28 Å². The molecule has 0 saturated carbocycles. The van der Waals surface area contributed by atoms with E-state index in [9.17, 15) is 0 Å². The number of anilines is 2. The Kier molecular flexibility index (Phi) is 16.1. The number of aryl methyl sites for hydroxylation is 3. The van der Waals surface area contributed by atoms with Gasteiger partial charge in [0, 0.05) is 57.2 Å². The minimum absolute atomic E-state index is 0.244. The van der Waals surface area contributed by atoms with E-state index in [0.717, 1.165) is 81.9 Å². The van der Waals surface area contributed by atoms with Crippen LogP contribution in [0, 0.1) is 20.8 Å². The Morgan fingerprint density at radius 1 is 0.689 bits per heavy atom. The Labute approximate surface area is 378 Å². The fourth-order valence-electron chi connectivity index (χ4n) is 6.07. The van der Waals surface area contributed by atoms with Gasteiger partial charge in [0.25, 0.3) is 0 Å². The lowest BCUT2D eigenvalue weighted by Gasteiger charge is -2.32. The molecule has 2 aliphatic heterocycles. The van der Waals surface area contributed by atoms with Crippen LogP contribution in [0.25, 0.3) is 43.8 Å². The molecule has 18 heteroatoms. The monoisotopic (exact) mass is 970 g/mol. The molecule has 6 heterocycles. The number of nitrogens with two attached hydrogens (primary N) is 1. The van der Waals surface area contributed by atoms with Gasteiger partial charge in [-0.15, -0.1) is 0 Å². The molecular formula is C43H50BBr2ClN12O2. The third-order valence-electron chi connectivity index (χ3n) is 10.0. The molecule has 0 unspecified atom stereocenters. The molecule has 0 aliphatic carbocycles. The lowest BCUT2D eigenvalue weighted by molar-refractivity contribution is 0.00578. The Hall–Kier alpha value is -4.91. The lowest BCUT2D eigenvalue weighted by atomic mass is 9.79. The van der Waals surface area contributed by atoms with E-state index in [1.165, 1.54) is 7.05 Å². The summed E-state index contributed by atoms with van der Waals surface area (Å²) in [5, 5.41) is 16.2. The van der Waals surface area contributed by atoms with Crippen LogP contribution >= 0.6 is 43.5 Å². The molecule has 61 heavy (non-hydrogen) atoms. The smallest absolute Gasteiger partial charge is 0.399 e. The summed E-state index contributed by atoms with van der Waals surface area (Å²) in [6.45, 7) is 14.9. The molecule has 1 fully saturated rings. The van der Waals surface area contributed by atoms with E-state index in [-0.39, 0.29) is 18.3 Å². The minimum Gasteiger partial charge on any atom is -0.399 e. The van der Waals surface area contributed by atoms with Gasteiger partial charge < -0.3 is 25.7 Å². The van der Waals surface area contributed by atoms with Gasteiger partial charge in [-0.3, -0.25) is 10.1 Å². The number of hydrogen-bond acceptors (Lipinski definition) is 13. The van der Waals surface area contributed by atoms with Crippen molar-refractivity contribution < 1.29 is 9.31 Å². The molecular weight excluding hydrogens is 923 g/mol. The average molecular weight is 973 g/mol. The normalized spacial score (nSPS) is 14.5. The second kappa shape index (κ2) is 20.8. The van der Waals surface area contributed by atoms with Crippen LogP contribution in [0.4, 0.5) is 11.9 Å². The molecule has 0 spiro atoms. The number of nitrogens with zero attached hydrogens (tertiary/aromatic N) is 8. The van der Waals surface area contributed by atoms with Crippen LogP contribution in [0.5, 0.6) is 0 Å². The average Bonchev–Trinajstić information content (AvgIpc) is 4.02. The van der Waals surface area contributed by atoms with Gasteiger partial charge in [0.15, 0.2) is 0 Å². The number of aromatic nitrogens is 8. The van der Waals surface area contributed by atoms with Crippen LogP contribution in [0.15, 0.2) is 92.5 Å². The molecule has 318 valence electrons. The molecule has 1 saturated heterocycles. The zero-order valence-electron chi connectivity index (χ0n) is 35.9. The summed E-state index contributed by atoms with van der Waals surface area (Å²) in [5.74, 6) is 1.31. The number of aliphatic imine (C=N–C) groups is 1. The topological polar surface area (TPSA) is 187 Å². The van der Waals surface area contributed by atoms with Crippen molar-refractivity contribution >= 4 is 101 Å². The van der Waals surface area contributed by atoms with Gasteiger partial charge in [-0.05, 0) is 127 Å². The van der Waals surface area contributed by atoms with Crippen molar-refractivity contribution in [2.24, 2.45) is 10.7 Å². The number of halogens is 3. The number of rotatable bonds is 4. The fourth-order valence-corrected chi connectivity index (χ4v) is 7.01. The number of fused-ring (bicyclic) bond motifs is 3. The first-order valence-corrected chi connectivity index (χ1v) is 21.3. The predicted octanol–water partition coefficient (Wildman–Crippen LogP) is 9.67. The zero-order chi connectivity index (χ0) is 44.5. The highest BCUT2D eigenvalue weighted by molar-refractivity contribution is 9.10. The number of H-pyrrole nitrogens is 1. The predicted molar refractivity (Wildman–Crippen MR) is 258 cm³/mol. The second-order valence-corrected chi connectivity index (χ2v) is 16.8. The number of hydrogen-bond donors (Lipinski definition) is 4. The maximum Gasteiger partial charge on any atom is 0.496 e. The highest BCUT2D eigenvalue weighted by Gasteiger charge is 2.52. The Morgan fingerprint density at radius 3 is 1.66 bits per heavy atom. The molecule has 0 atom stereocenters. The largest absolute Gasteiger partial charge is 0.496 e. The molecule has 2 aliphatic rings. The highest BCUT2D eigenvalue weighted by atomic mass is 79.9. The van der Waals surface area contributed by atoms with Gasteiger partial charge in [-0.1, -0.05) is 44.0 Å².